The number of ketones is 2. The molecule has 3 aromatic carbocycles. The van der Waals surface area contributed by atoms with Crippen molar-refractivity contribution in [2.45, 2.75) is 26.7 Å². The minimum Gasteiger partial charge on any atom is -0.339 e. The largest absolute Gasteiger partial charge is 0.339 e. The number of amides is 2. The highest BCUT2D eigenvalue weighted by Crippen LogP contribution is 2.42. The summed E-state index contributed by atoms with van der Waals surface area (Å²) in [6, 6.07) is 24.6. The maximum absolute atomic E-state index is 14.2. The van der Waals surface area contributed by atoms with Crippen molar-refractivity contribution >= 4 is 23.4 Å². The smallest absolute Gasteiger partial charge is 0.236 e. The van der Waals surface area contributed by atoms with Crippen LogP contribution in [0.5, 0.6) is 0 Å². The number of hydrogen-bond acceptors (Lipinski definition) is 5. The molecule has 0 radical (unpaired) electrons. The van der Waals surface area contributed by atoms with Crippen molar-refractivity contribution in [2.24, 2.45) is 11.8 Å². The number of rotatable bonds is 7. The Balaban J connectivity index is 1.51. The summed E-state index contributed by atoms with van der Waals surface area (Å²) in [5, 5.41) is 0. The quantitative estimate of drug-likeness (QED) is 0.397. The average molecular weight is 566 g/mol. The van der Waals surface area contributed by atoms with Crippen LogP contribution in [0.15, 0.2) is 78.9 Å². The van der Waals surface area contributed by atoms with Crippen LogP contribution in [-0.2, 0) is 9.59 Å². The van der Waals surface area contributed by atoms with E-state index in [0.29, 0.717) is 50.4 Å². The average Bonchev–Trinajstić information content (AvgIpc) is 3.02. The van der Waals surface area contributed by atoms with Crippen molar-refractivity contribution in [1.29, 1.82) is 0 Å². The third kappa shape index (κ3) is 6.21. The molecule has 42 heavy (non-hydrogen) atoms. The number of piperidine rings is 1. The van der Waals surface area contributed by atoms with Crippen LogP contribution >= 0.6 is 0 Å². The molecule has 0 aliphatic carbocycles. The van der Waals surface area contributed by atoms with Crippen molar-refractivity contribution in [3.8, 4) is 0 Å². The minimum atomic E-state index is -0.512. The van der Waals surface area contributed by atoms with Gasteiger partial charge in [0.25, 0.3) is 0 Å². The standard InChI is InChI=1S/C35H39N3O4/c1-24-11-10-16-29(25(24)2)33-30(34(41)27-12-6-4-7-13-27)21-36(22-31(33)35(42)28-14-8-5-9-15-28)23-32(40)38-19-17-37(18-20-38)26(3)39/h4-16,30-31,33H,17-23H2,1-3H3/t30-,31-/m0/s1. The van der Waals surface area contributed by atoms with E-state index in [1.54, 1.807) is 16.7 Å². The van der Waals surface area contributed by atoms with Crippen LogP contribution in [0.25, 0.3) is 0 Å². The van der Waals surface area contributed by atoms with Gasteiger partial charge in [-0.05, 0) is 30.5 Å². The van der Waals surface area contributed by atoms with E-state index in [1.807, 2.05) is 71.6 Å². The summed E-state index contributed by atoms with van der Waals surface area (Å²) < 4.78 is 0. The van der Waals surface area contributed by atoms with Gasteiger partial charge in [-0.3, -0.25) is 24.1 Å². The highest BCUT2D eigenvalue weighted by molar-refractivity contribution is 6.02. The summed E-state index contributed by atoms with van der Waals surface area (Å²) in [6.45, 7) is 8.54. The normalized spacial score (nSPS) is 19.9. The molecule has 0 N–H and O–H groups in total. The van der Waals surface area contributed by atoms with Crippen molar-refractivity contribution < 1.29 is 19.2 Å². The second kappa shape index (κ2) is 12.8. The number of nitrogens with zero attached hydrogens (tertiary/aromatic N) is 3. The van der Waals surface area contributed by atoms with E-state index in [1.165, 1.54) is 0 Å². The summed E-state index contributed by atoms with van der Waals surface area (Å²) >= 11 is 0. The van der Waals surface area contributed by atoms with Gasteiger partial charge in [0.15, 0.2) is 11.6 Å². The first-order valence-electron chi connectivity index (χ1n) is 14.7. The van der Waals surface area contributed by atoms with Gasteiger partial charge in [0, 0.05) is 75.1 Å². The summed E-state index contributed by atoms with van der Waals surface area (Å²) in [4.78, 5) is 59.3. The molecule has 2 saturated heterocycles. The molecule has 2 fully saturated rings. The second-order valence-electron chi connectivity index (χ2n) is 11.6. The van der Waals surface area contributed by atoms with Gasteiger partial charge in [-0.1, -0.05) is 78.9 Å². The zero-order valence-electron chi connectivity index (χ0n) is 24.7. The predicted octanol–water partition coefficient (Wildman–Crippen LogP) is 4.39. The fourth-order valence-corrected chi connectivity index (χ4v) is 6.52. The van der Waals surface area contributed by atoms with Crippen LogP contribution in [-0.4, -0.2) is 83.9 Å². The Hall–Kier alpha value is -4.10. The molecule has 2 aliphatic heterocycles. The maximum atomic E-state index is 14.2. The molecule has 0 unspecified atom stereocenters. The van der Waals surface area contributed by atoms with Gasteiger partial charge >= 0.3 is 0 Å². The SMILES string of the molecule is CC(=O)N1CCN(C(=O)CN2C[C@H](C(=O)c3ccccc3)C(c3cccc(C)c3C)[C@@H](C(=O)c3ccccc3)C2)CC1. The summed E-state index contributed by atoms with van der Waals surface area (Å²) in [5.74, 6) is -1.42. The van der Waals surface area contributed by atoms with Crippen LogP contribution in [0.1, 0.15) is 50.2 Å². The Morgan fingerprint density at radius 3 is 1.67 bits per heavy atom. The Morgan fingerprint density at radius 2 is 1.17 bits per heavy atom. The van der Waals surface area contributed by atoms with Gasteiger partial charge in [-0.15, -0.1) is 0 Å². The Morgan fingerprint density at radius 1 is 0.667 bits per heavy atom. The summed E-state index contributed by atoms with van der Waals surface area (Å²) in [5.41, 5.74) is 4.44. The summed E-state index contributed by atoms with van der Waals surface area (Å²) in [6.07, 6.45) is 0. The fraction of sp³-hybridized carbons (Fsp3) is 0.371. The van der Waals surface area contributed by atoms with E-state index in [0.717, 1.165) is 16.7 Å². The molecule has 3 aromatic rings. The van der Waals surface area contributed by atoms with E-state index in [9.17, 15) is 19.2 Å². The maximum Gasteiger partial charge on any atom is 0.236 e. The topological polar surface area (TPSA) is 78.0 Å². The number of carbonyl (C=O) groups is 4. The van der Waals surface area contributed by atoms with Crippen LogP contribution in [0, 0.1) is 25.7 Å². The van der Waals surface area contributed by atoms with Crippen molar-refractivity contribution in [3.63, 3.8) is 0 Å². The van der Waals surface area contributed by atoms with E-state index < -0.39 is 11.8 Å². The van der Waals surface area contributed by atoms with Gasteiger partial charge in [0.2, 0.25) is 11.8 Å². The first kappa shape index (κ1) is 29.4. The molecule has 0 spiro atoms. The molecule has 2 heterocycles. The number of likely N-dealkylation sites (tertiary alicyclic amines) is 1. The number of hydrogen-bond donors (Lipinski definition) is 0. The lowest BCUT2D eigenvalue weighted by atomic mass is 9.67. The molecule has 2 aliphatic rings. The molecular weight excluding hydrogens is 526 g/mol. The van der Waals surface area contributed by atoms with E-state index in [4.69, 9.17) is 0 Å². The van der Waals surface area contributed by atoms with Crippen LogP contribution in [0.4, 0.5) is 0 Å². The van der Waals surface area contributed by atoms with Crippen LogP contribution in [0.2, 0.25) is 0 Å². The van der Waals surface area contributed by atoms with Crippen molar-refractivity contribution in [3.05, 3.63) is 107 Å². The lowest BCUT2D eigenvalue weighted by Crippen LogP contribution is -2.55. The summed E-state index contributed by atoms with van der Waals surface area (Å²) in [7, 11) is 0. The molecule has 7 heteroatoms. The number of Topliss-reactive ketones (excluding diaryl/α,β-unsaturated/α-hetero) is 2. The zero-order chi connectivity index (χ0) is 29.8. The van der Waals surface area contributed by atoms with Gasteiger partial charge in [-0.25, -0.2) is 0 Å². The molecule has 7 nitrogen and oxygen atoms in total. The number of benzene rings is 3. The Labute approximate surface area is 248 Å². The van der Waals surface area contributed by atoms with Crippen molar-refractivity contribution in [2.75, 3.05) is 45.8 Å². The number of carbonyl (C=O) groups excluding carboxylic acids is 4. The predicted molar refractivity (Wildman–Crippen MR) is 162 cm³/mol. The zero-order valence-corrected chi connectivity index (χ0v) is 24.7. The van der Waals surface area contributed by atoms with Gasteiger partial charge in [0.1, 0.15) is 0 Å². The first-order chi connectivity index (χ1) is 20.2. The Kier molecular flexibility index (Phi) is 8.97. The second-order valence-corrected chi connectivity index (χ2v) is 11.6. The minimum absolute atomic E-state index is 0.0140. The molecular formula is C35H39N3O4. The molecule has 0 saturated carbocycles. The Bertz CT molecular complexity index is 1390. The monoisotopic (exact) mass is 565 g/mol. The molecule has 0 bridgehead atoms. The van der Waals surface area contributed by atoms with Gasteiger partial charge < -0.3 is 9.80 Å². The third-order valence-electron chi connectivity index (χ3n) is 9.01. The first-order valence-corrected chi connectivity index (χ1v) is 14.7. The number of piperazine rings is 1. The molecule has 218 valence electrons. The molecule has 5 rings (SSSR count). The third-order valence-corrected chi connectivity index (χ3v) is 9.01. The molecule has 0 aromatic heterocycles. The van der Waals surface area contributed by atoms with Crippen LogP contribution < -0.4 is 0 Å². The van der Waals surface area contributed by atoms with Crippen LogP contribution in [0.3, 0.4) is 0 Å². The molecule has 2 amide bonds. The lowest BCUT2D eigenvalue weighted by molar-refractivity contribution is -0.139. The van der Waals surface area contributed by atoms with E-state index >= 15 is 0 Å². The lowest BCUT2D eigenvalue weighted by Gasteiger charge is -2.44. The molecule has 2 atom stereocenters. The van der Waals surface area contributed by atoms with E-state index in [-0.39, 0.29) is 35.8 Å². The van der Waals surface area contributed by atoms with Gasteiger partial charge in [0.05, 0.1) is 6.54 Å². The highest BCUT2D eigenvalue weighted by atomic mass is 16.2. The van der Waals surface area contributed by atoms with Gasteiger partial charge in [-0.2, -0.15) is 0 Å². The number of aryl methyl sites for hydroxylation is 1. The highest BCUT2D eigenvalue weighted by Gasteiger charge is 2.46. The van der Waals surface area contributed by atoms with E-state index in [2.05, 4.69) is 26.0 Å². The van der Waals surface area contributed by atoms with Crippen molar-refractivity contribution in [1.82, 2.24) is 14.7 Å². The fourth-order valence-electron chi connectivity index (χ4n) is 6.52.